The minimum absolute atomic E-state index is 0.115. The van der Waals surface area contributed by atoms with Crippen molar-refractivity contribution in [3.63, 3.8) is 0 Å². The summed E-state index contributed by atoms with van der Waals surface area (Å²) in [5.41, 5.74) is 0.734. The molecule has 1 heterocycles. The van der Waals surface area contributed by atoms with Gasteiger partial charge in [-0.2, -0.15) is 5.10 Å². The zero-order valence-electron chi connectivity index (χ0n) is 17.7. The molecule has 0 radical (unpaired) electrons. The molecule has 0 aliphatic rings. The van der Waals surface area contributed by atoms with Gasteiger partial charge in [-0.15, -0.1) is 0 Å². The summed E-state index contributed by atoms with van der Waals surface area (Å²) in [6, 6.07) is 14.2. The highest BCUT2D eigenvalue weighted by molar-refractivity contribution is 5.98. The molecule has 10 nitrogen and oxygen atoms in total. The number of nitrogens with zero attached hydrogens (tertiary/aromatic N) is 4. The van der Waals surface area contributed by atoms with E-state index >= 15 is 0 Å². The highest BCUT2D eigenvalue weighted by atomic mass is 16.6. The number of benzene rings is 2. The van der Waals surface area contributed by atoms with Crippen LogP contribution in [0.15, 0.2) is 59.4 Å². The van der Waals surface area contributed by atoms with Crippen molar-refractivity contribution in [3.8, 4) is 5.69 Å². The lowest BCUT2D eigenvalue weighted by Gasteiger charge is -2.17. The van der Waals surface area contributed by atoms with E-state index in [9.17, 15) is 24.5 Å². The summed E-state index contributed by atoms with van der Waals surface area (Å²) >= 11 is 0. The monoisotopic (exact) mass is 435 g/mol. The van der Waals surface area contributed by atoms with Crippen molar-refractivity contribution in [3.05, 3.63) is 91.9 Å². The van der Waals surface area contributed by atoms with Crippen molar-refractivity contribution in [2.75, 3.05) is 18.9 Å². The van der Waals surface area contributed by atoms with E-state index in [0.717, 1.165) is 10.5 Å². The number of para-hydroxylation sites is 2. The van der Waals surface area contributed by atoms with Crippen molar-refractivity contribution in [2.45, 2.75) is 13.8 Å². The minimum atomic E-state index is -0.776. The Hall–Kier alpha value is -4.34. The van der Waals surface area contributed by atoms with E-state index in [1.54, 1.807) is 25.1 Å². The number of nitro groups is 1. The Morgan fingerprint density at radius 3 is 2.44 bits per heavy atom. The number of rotatable bonds is 6. The lowest BCUT2D eigenvalue weighted by Crippen LogP contribution is -2.38. The molecule has 0 saturated carbocycles. The number of likely N-dealkylation sites (N-methyl/N-ethyl adjacent to an activating group) is 1. The van der Waals surface area contributed by atoms with Crippen molar-refractivity contribution >= 4 is 23.2 Å². The fraction of sp³-hybridized carbons (Fsp3) is 0.182. The molecule has 1 aromatic heterocycles. The van der Waals surface area contributed by atoms with Gasteiger partial charge in [0.2, 0.25) is 11.3 Å². The van der Waals surface area contributed by atoms with E-state index in [1.165, 1.54) is 36.0 Å². The van der Waals surface area contributed by atoms with Gasteiger partial charge in [0.25, 0.3) is 11.6 Å². The largest absolute Gasteiger partial charge is 0.331 e. The first-order valence-electron chi connectivity index (χ1n) is 9.64. The molecule has 2 amide bonds. The lowest BCUT2D eigenvalue weighted by molar-refractivity contribution is -0.384. The number of carbonyl (C=O) groups is 2. The minimum Gasteiger partial charge on any atom is -0.331 e. The molecular formula is C22H21N5O5. The molecular weight excluding hydrogens is 414 g/mol. The Bertz CT molecular complexity index is 1250. The molecule has 3 aromatic rings. The lowest BCUT2D eigenvalue weighted by atomic mass is 10.2. The third-order valence-corrected chi connectivity index (χ3v) is 4.68. The Labute approximate surface area is 183 Å². The molecule has 0 atom stereocenters. The molecule has 0 spiro atoms. The van der Waals surface area contributed by atoms with Crippen molar-refractivity contribution in [1.82, 2.24) is 14.7 Å². The third-order valence-electron chi connectivity index (χ3n) is 4.68. The highest BCUT2D eigenvalue weighted by Crippen LogP contribution is 2.22. The van der Waals surface area contributed by atoms with Crippen LogP contribution in [0.1, 0.15) is 21.7 Å². The summed E-state index contributed by atoms with van der Waals surface area (Å²) in [5.74, 6) is -1.22. The highest BCUT2D eigenvalue weighted by Gasteiger charge is 2.23. The van der Waals surface area contributed by atoms with Gasteiger partial charge in [-0.3, -0.25) is 24.5 Å². The standard InChI is InChI=1S/C22H21N5O5/c1-14-8-10-16(11-9-14)23-20(29)13-25(3)22(30)21-19(28)12-15(2)26(24-21)17-6-4-5-7-18(17)27(31)32/h4-12H,13H2,1-3H3,(H,23,29). The topological polar surface area (TPSA) is 127 Å². The predicted octanol–water partition coefficient (Wildman–Crippen LogP) is 2.47. The van der Waals surface area contributed by atoms with Crippen molar-refractivity contribution in [2.24, 2.45) is 0 Å². The summed E-state index contributed by atoms with van der Waals surface area (Å²) in [6.45, 7) is 3.16. The van der Waals surface area contributed by atoms with Crippen LogP contribution in [0.5, 0.6) is 0 Å². The van der Waals surface area contributed by atoms with E-state index in [2.05, 4.69) is 10.4 Å². The molecule has 1 N–H and O–H groups in total. The van der Waals surface area contributed by atoms with Crippen LogP contribution < -0.4 is 10.7 Å². The molecule has 0 fully saturated rings. The maximum atomic E-state index is 12.8. The number of anilines is 1. The maximum Gasteiger partial charge on any atom is 0.294 e. The molecule has 3 rings (SSSR count). The molecule has 0 saturated heterocycles. The molecule has 0 unspecified atom stereocenters. The van der Waals surface area contributed by atoms with Crippen LogP contribution in [0.25, 0.3) is 5.69 Å². The van der Waals surface area contributed by atoms with Crippen LogP contribution in [0, 0.1) is 24.0 Å². The zero-order valence-corrected chi connectivity index (χ0v) is 17.7. The van der Waals surface area contributed by atoms with Gasteiger partial charge in [-0.1, -0.05) is 29.8 Å². The second-order valence-electron chi connectivity index (χ2n) is 7.23. The third kappa shape index (κ3) is 4.86. The fourth-order valence-electron chi connectivity index (χ4n) is 3.04. The first-order chi connectivity index (χ1) is 15.2. The number of hydrogen-bond donors (Lipinski definition) is 1. The number of nitro benzene ring substituents is 1. The first-order valence-corrected chi connectivity index (χ1v) is 9.64. The second kappa shape index (κ2) is 9.21. The quantitative estimate of drug-likeness (QED) is 0.468. The second-order valence-corrected chi connectivity index (χ2v) is 7.23. The molecule has 0 bridgehead atoms. The van der Waals surface area contributed by atoms with E-state index < -0.39 is 27.9 Å². The number of amides is 2. The maximum absolute atomic E-state index is 12.8. The van der Waals surface area contributed by atoms with Gasteiger partial charge < -0.3 is 10.2 Å². The van der Waals surface area contributed by atoms with Gasteiger partial charge in [0.15, 0.2) is 5.69 Å². The summed E-state index contributed by atoms with van der Waals surface area (Å²) < 4.78 is 1.17. The van der Waals surface area contributed by atoms with Gasteiger partial charge in [0, 0.05) is 30.6 Å². The van der Waals surface area contributed by atoms with Crippen LogP contribution in [0.4, 0.5) is 11.4 Å². The summed E-state index contributed by atoms with van der Waals surface area (Å²) in [6.07, 6.45) is 0. The number of nitrogens with one attached hydrogen (secondary N) is 1. The van der Waals surface area contributed by atoms with Crippen LogP contribution in [0.3, 0.4) is 0 Å². The van der Waals surface area contributed by atoms with Crippen molar-refractivity contribution < 1.29 is 14.5 Å². The van der Waals surface area contributed by atoms with Crippen LogP contribution in [-0.4, -0.2) is 45.0 Å². The van der Waals surface area contributed by atoms with Crippen LogP contribution >= 0.6 is 0 Å². The van der Waals surface area contributed by atoms with Crippen molar-refractivity contribution in [1.29, 1.82) is 0 Å². The SMILES string of the molecule is Cc1ccc(NC(=O)CN(C)C(=O)c2nn(-c3ccccc3[N+](=O)[O-])c(C)cc2=O)cc1. The van der Waals surface area contributed by atoms with Crippen LogP contribution in [-0.2, 0) is 4.79 Å². The number of aromatic nitrogens is 2. The van der Waals surface area contributed by atoms with E-state index in [-0.39, 0.29) is 17.9 Å². The van der Waals surface area contributed by atoms with Gasteiger partial charge >= 0.3 is 0 Å². The molecule has 164 valence electrons. The van der Waals surface area contributed by atoms with E-state index in [0.29, 0.717) is 11.4 Å². The molecule has 10 heteroatoms. The van der Waals surface area contributed by atoms with Gasteiger partial charge in [0.05, 0.1) is 11.5 Å². The average Bonchev–Trinajstić information content (AvgIpc) is 2.75. The van der Waals surface area contributed by atoms with Gasteiger partial charge in [-0.25, -0.2) is 4.68 Å². The summed E-state index contributed by atoms with van der Waals surface area (Å²) in [4.78, 5) is 49.5. The predicted molar refractivity (Wildman–Crippen MR) is 118 cm³/mol. The summed E-state index contributed by atoms with van der Waals surface area (Å²) in [5, 5.41) is 18.1. The zero-order chi connectivity index (χ0) is 23.4. The Kier molecular flexibility index (Phi) is 6.43. The Morgan fingerprint density at radius 2 is 1.78 bits per heavy atom. The molecule has 32 heavy (non-hydrogen) atoms. The first kappa shape index (κ1) is 22.3. The van der Waals surface area contributed by atoms with Gasteiger partial charge in [0.1, 0.15) is 5.69 Å². The molecule has 0 aliphatic heterocycles. The van der Waals surface area contributed by atoms with Gasteiger partial charge in [-0.05, 0) is 32.0 Å². The summed E-state index contributed by atoms with van der Waals surface area (Å²) in [7, 11) is 1.37. The molecule has 2 aromatic carbocycles. The number of hydrogen-bond acceptors (Lipinski definition) is 6. The van der Waals surface area contributed by atoms with Crippen LogP contribution in [0.2, 0.25) is 0 Å². The normalized spacial score (nSPS) is 10.5. The average molecular weight is 435 g/mol. The van der Waals surface area contributed by atoms with E-state index in [1.807, 2.05) is 19.1 Å². The molecule has 0 aliphatic carbocycles. The van der Waals surface area contributed by atoms with E-state index in [4.69, 9.17) is 0 Å². The number of aryl methyl sites for hydroxylation is 2. The smallest absolute Gasteiger partial charge is 0.294 e. The number of carbonyl (C=O) groups excluding carboxylic acids is 2. The fourth-order valence-corrected chi connectivity index (χ4v) is 3.04. The Morgan fingerprint density at radius 1 is 1.12 bits per heavy atom. The Balaban J connectivity index is 1.86.